The van der Waals surface area contributed by atoms with Crippen LogP contribution in [0, 0.1) is 20.3 Å². The average Bonchev–Trinajstić information content (AvgIpc) is 2.45. The molecule has 0 spiro atoms. The largest absolute Gasteiger partial charge is 1.00 e. The minimum Gasteiger partial charge on any atom is -0.517 e. The average molecular weight is 381 g/mol. The van der Waals surface area contributed by atoms with Crippen LogP contribution in [0.2, 0.25) is 0 Å². The van der Waals surface area contributed by atoms with Crippen LogP contribution in [0.4, 0.5) is 4.39 Å². The monoisotopic (exact) mass is 380 g/mol. The number of aromatic hydroxyl groups is 1. The molecule has 112 valence electrons. The fraction of sp³-hybridized carbons (Fsp3) is 0.438. The van der Waals surface area contributed by atoms with Gasteiger partial charge >= 0.3 is 51.4 Å². The van der Waals surface area contributed by atoms with Crippen LogP contribution in [-0.4, -0.2) is 18.4 Å². The van der Waals surface area contributed by atoms with Gasteiger partial charge in [-0.3, -0.25) is 4.39 Å². The molecule has 2 rings (SSSR count). The Labute approximate surface area is 177 Å². The van der Waals surface area contributed by atoms with Crippen LogP contribution in [0.3, 0.4) is 0 Å². The predicted molar refractivity (Wildman–Crippen MR) is 81.5 cm³/mol. The second-order valence-electron chi connectivity index (χ2n) is 5.24. The molecule has 1 aliphatic carbocycles. The Bertz CT molecular complexity index is 500. The number of phenolic OH excluding ortho intramolecular Hbond substituents is 1. The molecule has 2 atom stereocenters. The van der Waals surface area contributed by atoms with Crippen molar-refractivity contribution in [3.8, 4) is 11.5 Å². The number of hydrogen-bond donors (Lipinski definition) is 1. The zero-order valence-electron chi connectivity index (χ0n) is 12.6. The van der Waals surface area contributed by atoms with Crippen molar-refractivity contribution < 1.29 is 65.6 Å². The first kappa shape index (κ1) is 19.8. The predicted octanol–water partition coefficient (Wildman–Crippen LogP) is 1.54. The zero-order valence-corrected chi connectivity index (χ0v) is 17.3. The summed E-state index contributed by atoms with van der Waals surface area (Å²) in [7, 11) is 1.51. The third-order valence-electron chi connectivity index (χ3n) is 4.15. The Morgan fingerprint density at radius 1 is 1.62 bits per heavy atom. The number of benzene rings is 1. The van der Waals surface area contributed by atoms with Crippen molar-refractivity contribution in [3.63, 3.8) is 0 Å². The molecule has 1 N–H and O–H groups in total. The van der Waals surface area contributed by atoms with E-state index in [-0.39, 0.29) is 57.1 Å². The molecule has 1 aromatic carbocycles. The van der Waals surface area contributed by atoms with Crippen LogP contribution in [0.5, 0.6) is 11.5 Å². The van der Waals surface area contributed by atoms with Gasteiger partial charge in [-0.2, -0.15) is 12.5 Å². The van der Waals surface area contributed by atoms with Crippen LogP contribution in [-0.2, 0) is 5.41 Å². The summed E-state index contributed by atoms with van der Waals surface area (Å²) in [5, 5.41) is 10.5. The van der Waals surface area contributed by atoms with Crippen LogP contribution >= 0.6 is 15.9 Å². The fourth-order valence-electron chi connectivity index (χ4n) is 2.91. The molecule has 0 radical (unpaired) electrons. The van der Waals surface area contributed by atoms with Gasteiger partial charge in [-0.05, 0) is 6.42 Å². The first-order valence-corrected chi connectivity index (χ1v) is 7.44. The van der Waals surface area contributed by atoms with E-state index in [0.717, 1.165) is 4.47 Å². The van der Waals surface area contributed by atoms with E-state index < -0.39 is 11.6 Å². The summed E-state index contributed by atoms with van der Waals surface area (Å²) < 4.78 is 19.4. The number of ether oxygens (including phenoxy) is 1. The van der Waals surface area contributed by atoms with Gasteiger partial charge in [0.05, 0.1) is 13.3 Å². The Balaban J connectivity index is 0.00000220. The van der Waals surface area contributed by atoms with Gasteiger partial charge in [0.25, 0.3) is 0 Å². The van der Waals surface area contributed by atoms with Crippen LogP contribution < -0.4 is 56.1 Å². The molecule has 2 unspecified atom stereocenters. The second-order valence-corrected chi connectivity index (χ2v) is 6.10. The number of alkyl halides is 1. The SMILES string of the molecule is [CH2-]CC1(c2c([CH2-])c(Br)cc(OC)c2O)[CH-]CC(F)CC1.[K+]. The van der Waals surface area contributed by atoms with Crippen molar-refractivity contribution in [2.45, 2.75) is 37.3 Å². The molecule has 0 heterocycles. The molecule has 2 nitrogen and oxygen atoms in total. The summed E-state index contributed by atoms with van der Waals surface area (Å²) in [5.74, 6) is 0.473. The fourth-order valence-corrected chi connectivity index (χ4v) is 3.32. The Morgan fingerprint density at radius 3 is 2.76 bits per heavy atom. The van der Waals surface area contributed by atoms with E-state index in [1.165, 1.54) is 7.11 Å². The zero-order chi connectivity index (χ0) is 14.9. The third kappa shape index (κ3) is 3.81. The smallest absolute Gasteiger partial charge is 0.517 e. The van der Waals surface area contributed by atoms with Gasteiger partial charge in [0.2, 0.25) is 0 Å². The van der Waals surface area contributed by atoms with E-state index in [9.17, 15) is 9.50 Å². The van der Waals surface area contributed by atoms with Gasteiger partial charge in [0.15, 0.2) is 0 Å². The number of halogens is 2. The summed E-state index contributed by atoms with van der Waals surface area (Å²) in [6.45, 7) is 8.04. The van der Waals surface area contributed by atoms with Crippen molar-refractivity contribution in [2.75, 3.05) is 7.11 Å². The molecule has 0 aliphatic heterocycles. The van der Waals surface area contributed by atoms with Crippen molar-refractivity contribution >= 4 is 15.9 Å². The molecule has 5 heteroatoms. The molecule has 0 bridgehead atoms. The molecule has 1 saturated carbocycles. The topological polar surface area (TPSA) is 29.5 Å². The molecule has 0 amide bonds. The quantitative estimate of drug-likeness (QED) is 0.636. The maximum Gasteiger partial charge on any atom is 1.00 e. The maximum atomic E-state index is 13.4. The van der Waals surface area contributed by atoms with Gasteiger partial charge in [0.1, 0.15) is 11.5 Å². The minimum atomic E-state index is -0.806. The summed E-state index contributed by atoms with van der Waals surface area (Å²) in [5.41, 5.74) is 0.965. The summed E-state index contributed by atoms with van der Waals surface area (Å²) in [4.78, 5) is 0. The van der Waals surface area contributed by atoms with E-state index in [1.807, 2.05) is 6.42 Å². The second kappa shape index (κ2) is 8.02. The van der Waals surface area contributed by atoms with Gasteiger partial charge in [-0.25, -0.2) is 11.8 Å². The third-order valence-corrected chi connectivity index (χ3v) is 4.86. The molecule has 1 aliphatic rings. The van der Waals surface area contributed by atoms with Gasteiger partial charge in [-0.1, -0.05) is 17.0 Å². The van der Waals surface area contributed by atoms with E-state index in [2.05, 4.69) is 29.8 Å². The molecule has 0 saturated heterocycles. The molecule has 21 heavy (non-hydrogen) atoms. The Hall–Kier alpha value is 0.736. The maximum absolute atomic E-state index is 13.4. The number of rotatable bonds is 3. The molecule has 0 aromatic heterocycles. The van der Waals surface area contributed by atoms with E-state index in [0.29, 0.717) is 42.6 Å². The standard InChI is InChI=1S/C16H19BrFO2.K/c1-4-16(7-5-11(18)6-8-16)14-10(2)12(17)9-13(20-3)15(14)19;/h7,9,11,19H,1-2,4-6,8H2,3H3;/q-3;+1. The number of phenols is 1. The van der Waals surface area contributed by atoms with Crippen molar-refractivity contribution in [1.82, 2.24) is 0 Å². The van der Waals surface area contributed by atoms with Crippen molar-refractivity contribution in [1.29, 1.82) is 0 Å². The van der Waals surface area contributed by atoms with E-state index in [1.54, 1.807) is 6.07 Å². The van der Waals surface area contributed by atoms with Crippen molar-refractivity contribution in [3.05, 3.63) is 41.9 Å². The summed E-state index contributed by atoms with van der Waals surface area (Å²) in [6.07, 6.45) is 3.15. The normalized spacial score (nSPS) is 25.2. The first-order valence-electron chi connectivity index (χ1n) is 6.64. The first-order chi connectivity index (χ1) is 9.45. The van der Waals surface area contributed by atoms with Gasteiger partial charge in [-0.15, -0.1) is 27.9 Å². The van der Waals surface area contributed by atoms with Crippen LogP contribution in [0.25, 0.3) is 0 Å². The molecule has 1 fully saturated rings. The van der Waals surface area contributed by atoms with Crippen molar-refractivity contribution in [2.24, 2.45) is 0 Å². The van der Waals surface area contributed by atoms with Crippen LogP contribution in [0.15, 0.2) is 10.5 Å². The van der Waals surface area contributed by atoms with E-state index in [4.69, 9.17) is 4.74 Å². The molecular weight excluding hydrogens is 362 g/mol. The van der Waals surface area contributed by atoms with Gasteiger partial charge < -0.3 is 23.2 Å². The van der Waals surface area contributed by atoms with Crippen LogP contribution in [0.1, 0.15) is 36.8 Å². The Morgan fingerprint density at radius 2 is 2.29 bits per heavy atom. The molecular formula is C16H19BrFKO2-2. The van der Waals surface area contributed by atoms with Gasteiger partial charge in [0, 0.05) is 0 Å². The minimum absolute atomic E-state index is 0. The Kier molecular flexibility index (Phi) is 7.55. The number of hydrogen-bond acceptors (Lipinski definition) is 2. The summed E-state index contributed by atoms with van der Waals surface area (Å²) in [6, 6.07) is 1.69. The number of methoxy groups -OCH3 is 1. The van der Waals surface area contributed by atoms with E-state index >= 15 is 0 Å². The summed E-state index contributed by atoms with van der Waals surface area (Å²) >= 11 is 3.44. The molecule has 1 aromatic rings.